The van der Waals surface area contributed by atoms with Gasteiger partial charge in [0.15, 0.2) is 5.82 Å². The second-order valence-electron chi connectivity index (χ2n) is 16.7. The number of rotatable bonds is 4. The molecule has 5 heteroatoms. The topological polar surface area (TPSA) is 48.5 Å². The van der Waals surface area contributed by atoms with Gasteiger partial charge in [0.2, 0.25) is 11.9 Å². The first kappa shape index (κ1) is 34.3. The van der Waals surface area contributed by atoms with Crippen molar-refractivity contribution in [3.05, 3.63) is 235 Å². The molecule has 2 aliphatic carbocycles. The van der Waals surface area contributed by atoms with Crippen molar-refractivity contribution in [2.75, 3.05) is 0 Å². The number of fused-ring (bicyclic) bond motifs is 16. The van der Waals surface area contributed by atoms with Crippen LogP contribution in [-0.4, -0.2) is 24.1 Å². The zero-order valence-electron chi connectivity index (χ0n) is 33.9. The van der Waals surface area contributed by atoms with E-state index in [0.29, 0.717) is 17.7 Å². The number of aromatic nitrogens is 5. The van der Waals surface area contributed by atoms with Gasteiger partial charge in [0.1, 0.15) is 0 Å². The molecule has 0 atom stereocenters. The van der Waals surface area contributed by atoms with E-state index in [0.717, 1.165) is 54.7 Å². The lowest BCUT2D eigenvalue weighted by Crippen LogP contribution is -2.25. The summed E-state index contributed by atoms with van der Waals surface area (Å²) in [4.78, 5) is 15.9. The summed E-state index contributed by atoms with van der Waals surface area (Å²) in [6.07, 6.45) is 0. The Labute approximate surface area is 362 Å². The van der Waals surface area contributed by atoms with Gasteiger partial charge < -0.3 is 0 Å². The molecule has 292 valence electrons. The highest BCUT2D eigenvalue weighted by Gasteiger charge is 2.51. The van der Waals surface area contributed by atoms with Crippen molar-refractivity contribution in [1.29, 1.82) is 0 Å². The highest BCUT2D eigenvalue weighted by Crippen LogP contribution is 2.63. The van der Waals surface area contributed by atoms with Crippen LogP contribution in [0, 0.1) is 0 Å². The van der Waals surface area contributed by atoms with E-state index >= 15 is 0 Å². The lowest BCUT2D eigenvalue weighted by atomic mass is 9.70. The number of hydrogen-bond donors (Lipinski definition) is 0. The predicted octanol–water partition coefficient (Wildman–Crippen LogP) is 13.7. The zero-order chi connectivity index (χ0) is 41.2. The Morgan fingerprint density at radius 3 is 1.08 bits per heavy atom. The fourth-order valence-electron chi connectivity index (χ4n) is 11.0. The molecule has 0 bridgehead atoms. The number of hydrogen-bond acceptors (Lipinski definition) is 3. The van der Waals surface area contributed by atoms with Gasteiger partial charge in [0.25, 0.3) is 0 Å². The molecule has 2 aliphatic rings. The quantitative estimate of drug-likeness (QED) is 0.178. The molecular formula is C58H35N5. The maximum atomic E-state index is 5.33. The molecule has 0 N–H and O–H groups in total. The van der Waals surface area contributed by atoms with Crippen LogP contribution in [0.4, 0.5) is 0 Å². The Balaban J connectivity index is 0.954. The average Bonchev–Trinajstić information content (AvgIpc) is 4.06. The van der Waals surface area contributed by atoms with E-state index in [2.05, 4.69) is 221 Å². The lowest BCUT2D eigenvalue weighted by Gasteiger charge is -2.30. The van der Waals surface area contributed by atoms with Crippen LogP contribution in [0.1, 0.15) is 22.3 Å². The van der Waals surface area contributed by atoms with E-state index in [1.54, 1.807) is 0 Å². The van der Waals surface area contributed by atoms with Gasteiger partial charge in [0, 0.05) is 27.1 Å². The minimum atomic E-state index is -0.396. The van der Waals surface area contributed by atoms with Crippen LogP contribution in [0.15, 0.2) is 212 Å². The minimum Gasteiger partial charge on any atom is -0.278 e. The first-order valence-corrected chi connectivity index (χ1v) is 21.5. The molecule has 0 fully saturated rings. The second-order valence-corrected chi connectivity index (χ2v) is 16.7. The lowest BCUT2D eigenvalue weighted by molar-refractivity contribution is 0.794. The Kier molecular flexibility index (Phi) is 6.97. The van der Waals surface area contributed by atoms with Crippen LogP contribution < -0.4 is 0 Å². The number of benzene rings is 9. The molecule has 3 aromatic heterocycles. The zero-order valence-corrected chi connectivity index (χ0v) is 33.9. The summed E-state index contributed by atoms with van der Waals surface area (Å²) in [6, 6.07) is 76.7. The van der Waals surface area contributed by atoms with Crippen LogP contribution in [0.3, 0.4) is 0 Å². The van der Waals surface area contributed by atoms with Crippen LogP contribution in [0.5, 0.6) is 0 Å². The Bertz CT molecular complexity index is 3570. The summed E-state index contributed by atoms with van der Waals surface area (Å²) in [7, 11) is 0. The second kappa shape index (κ2) is 12.8. The number of para-hydroxylation sites is 4. The SMILES string of the molecule is c1ccc2c(c1)-c1ccccc1C21c2ccccc2-c2ccc(-c3ccc(-c4nc(-n5c6ccccc6c6ccccc65)nc(-n5c6ccccc6c6ccccc65)n4)cc3)cc21. The van der Waals surface area contributed by atoms with E-state index in [1.807, 2.05) is 0 Å². The molecular weight excluding hydrogens is 767 g/mol. The van der Waals surface area contributed by atoms with Crippen molar-refractivity contribution in [2.45, 2.75) is 5.41 Å². The molecule has 0 unspecified atom stereocenters. The Morgan fingerprint density at radius 2 is 0.635 bits per heavy atom. The summed E-state index contributed by atoms with van der Waals surface area (Å²) >= 11 is 0. The molecule has 3 heterocycles. The van der Waals surface area contributed by atoms with Gasteiger partial charge in [-0.15, -0.1) is 0 Å². The van der Waals surface area contributed by atoms with Crippen molar-refractivity contribution in [3.8, 4) is 56.7 Å². The van der Waals surface area contributed by atoms with Gasteiger partial charge in [-0.1, -0.05) is 182 Å². The van der Waals surface area contributed by atoms with Crippen molar-refractivity contribution in [2.24, 2.45) is 0 Å². The third-order valence-electron chi connectivity index (χ3n) is 13.6. The standard InChI is InChI=1S/C58H35N5/c1-8-22-47-39(15-1)40-16-2-9-23-48(40)58(47)49-24-10-3-17-41(49)42-34-33-38(35-50(42)58)36-29-31-37(32-30-36)55-59-56(62-51-25-11-4-18-43(51)44-19-5-12-26-52(44)62)61-57(60-55)63-53-27-13-6-20-45(53)46-21-7-14-28-54(46)63/h1-35H. The van der Waals surface area contributed by atoms with Gasteiger partial charge in [-0.05, 0) is 86.0 Å². The van der Waals surface area contributed by atoms with E-state index in [1.165, 1.54) is 50.1 Å². The smallest absolute Gasteiger partial charge is 0.240 e. The van der Waals surface area contributed by atoms with Crippen molar-refractivity contribution >= 4 is 43.6 Å². The largest absolute Gasteiger partial charge is 0.278 e. The molecule has 0 aliphatic heterocycles. The predicted molar refractivity (Wildman–Crippen MR) is 256 cm³/mol. The highest BCUT2D eigenvalue weighted by atomic mass is 15.3. The van der Waals surface area contributed by atoms with Gasteiger partial charge in [0.05, 0.1) is 27.5 Å². The molecule has 5 nitrogen and oxygen atoms in total. The average molecular weight is 802 g/mol. The third-order valence-corrected chi connectivity index (χ3v) is 13.6. The maximum Gasteiger partial charge on any atom is 0.240 e. The van der Waals surface area contributed by atoms with Crippen LogP contribution in [0.2, 0.25) is 0 Å². The fraction of sp³-hybridized carbons (Fsp3) is 0.0172. The van der Waals surface area contributed by atoms with Gasteiger partial charge in [-0.2, -0.15) is 15.0 Å². The van der Waals surface area contributed by atoms with Crippen LogP contribution >= 0.6 is 0 Å². The van der Waals surface area contributed by atoms with Crippen molar-refractivity contribution in [1.82, 2.24) is 24.1 Å². The molecule has 14 rings (SSSR count). The summed E-state index contributed by atoms with van der Waals surface area (Å²) in [5.74, 6) is 1.74. The van der Waals surface area contributed by atoms with Gasteiger partial charge >= 0.3 is 0 Å². The minimum absolute atomic E-state index is 0.396. The molecule has 63 heavy (non-hydrogen) atoms. The van der Waals surface area contributed by atoms with Crippen LogP contribution in [-0.2, 0) is 5.41 Å². The molecule has 0 saturated heterocycles. The highest BCUT2D eigenvalue weighted by molar-refractivity contribution is 6.10. The Morgan fingerprint density at radius 1 is 0.286 bits per heavy atom. The monoisotopic (exact) mass is 801 g/mol. The summed E-state index contributed by atoms with van der Waals surface area (Å²) in [5.41, 5.74) is 17.6. The van der Waals surface area contributed by atoms with Crippen LogP contribution in [0.25, 0.3) is 100 Å². The van der Waals surface area contributed by atoms with E-state index in [-0.39, 0.29) is 0 Å². The summed E-state index contributed by atoms with van der Waals surface area (Å²) in [5, 5.41) is 4.62. The molecule has 12 aromatic rings. The fourth-order valence-corrected chi connectivity index (χ4v) is 11.0. The summed E-state index contributed by atoms with van der Waals surface area (Å²) in [6.45, 7) is 0. The van der Waals surface area contributed by atoms with Crippen molar-refractivity contribution in [3.63, 3.8) is 0 Å². The number of nitrogens with zero attached hydrogens (tertiary/aromatic N) is 5. The first-order chi connectivity index (χ1) is 31.3. The third kappa shape index (κ3) is 4.63. The molecule has 0 radical (unpaired) electrons. The maximum absolute atomic E-state index is 5.33. The molecule has 0 amide bonds. The molecule has 9 aromatic carbocycles. The first-order valence-electron chi connectivity index (χ1n) is 21.5. The summed E-state index contributed by atoms with van der Waals surface area (Å²) < 4.78 is 4.36. The normalized spacial score (nSPS) is 13.2. The van der Waals surface area contributed by atoms with Gasteiger partial charge in [-0.3, -0.25) is 9.13 Å². The Hall–Kier alpha value is -8.41. The van der Waals surface area contributed by atoms with Gasteiger partial charge in [-0.25, -0.2) is 0 Å². The van der Waals surface area contributed by atoms with E-state index in [9.17, 15) is 0 Å². The van der Waals surface area contributed by atoms with Crippen molar-refractivity contribution < 1.29 is 0 Å². The van der Waals surface area contributed by atoms with E-state index in [4.69, 9.17) is 15.0 Å². The molecule has 0 saturated carbocycles. The molecule has 1 spiro atoms. The van der Waals surface area contributed by atoms with E-state index < -0.39 is 5.41 Å².